The molecule has 2 aromatic rings. The van der Waals surface area contributed by atoms with Crippen molar-refractivity contribution >= 4 is 6.29 Å². The van der Waals surface area contributed by atoms with Gasteiger partial charge in [-0.05, 0) is 17.7 Å². The van der Waals surface area contributed by atoms with Gasteiger partial charge in [-0.3, -0.25) is 4.79 Å². The smallest absolute Gasteiger partial charge is 0.150 e. The summed E-state index contributed by atoms with van der Waals surface area (Å²) in [4.78, 5) is 10.6. The standard InChI is InChI=1S/C14H12O2.C2H6/c15-10-13-7-4-8-14(9-13)16-11-12-5-2-1-3-6-12;1-2/h1-10H,11H2;1-2H3. The van der Waals surface area contributed by atoms with Gasteiger partial charge in [-0.25, -0.2) is 0 Å². The van der Waals surface area contributed by atoms with Crippen LogP contribution in [0.3, 0.4) is 0 Å². The summed E-state index contributed by atoms with van der Waals surface area (Å²) in [5.41, 5.74) is 1.74. The van der Waals surface area contributed by atoms with Gasteiger partial charge in [0.2, 0.25) is 0 Å². The summed E-state index contributed by atoms with van der Waals surface area (Å²) in [6.07, 6.45) is 0.815. The Kier molecular flexibility index (Phi) is 6.26. The molecule has 2 nitrogen and oxygen atoms in total. The molecule has 0 atom stereocenters. The van der Waals surface area contributed by atoms with E-state index >= 15 is 0 Å². The van der Waals surface area contributed by atoms with E-state index in [-0.39, 0.29) is 0 Å². The number of aldehydes is 1. The second-order valence-corrected chi connectivity index (χ2v) is 3.46. The van der Waals surface area contributed by atoms with Crippen molar-refractivity contribution < 1.29 is 9.53 Å². The largest absolute Gasteiger partial charge is 0.489 e. The number of carbonyl (C=O) groups excluding carboxylic acids is 1. The minimum absolute atomic E-state index is 0.517. The van der Waals surface area contributed by atoms with Crippen LogP contribution in [0.1, 0.15) is 29.8 Å². The summed E-state index contributed by atoms with van der Waals surface area (Å²) >= 11 is 0. The molecule has 2 aromatic carbocycles. The number of ether oxygens (including phenoxy) is 1. The van der Waals surface area contributed by atoms with Crippen LogP contribution in [-0.2, 0) is 6.61 Å². The van der Waals surface area contributed by atoms with Crippen LogP contribution in [0, 0.1) is 0 Å². The Labute approximate surface area is 108 Å². The second kappa shape index (κ2) is 8.07. The van der Waals surface area contributed by atoms with Gasteiger partial charge in [0, 0.05) is 5.56 Å². The summed E-state index contributed by atoms with van der Waals surface area (Å²) in [5, 5.41) is 0. The van der Waals surface area contributed by atoms with E-state index in [0.29, 0.717) is 17.9 Å². The molecule has 0 saturated carbocycles. The fourth-order valence-electron chi connectivity index (χ4n) is 1.42. The van der Waals surface area contributed by atoms with E-state index in [2.05, 4.69) is 0 Å². The number of carbonyl (C=O) groups is 1. The molecule has 0 N–H and O–H groups in total. The lowest BCUT2D eigenvalue weighted by Gasteiger charge is -2.06. The lowest BCUT2D eigenvalue weighted by atomic mass is 10.2. The first-order chi connectivity index (χ1) is 8.88. The number of rotatable bonds is 4. The average Bonchev–Trinajstić information content (AvgIpc) is 2.48. The van der Waals surface area contributed by atoms with Gasteiger partial charge in [0.05, 0.1) is 0 Å². The van der Waals surface area contributed by atoms with Crippen LogP contribution in [0.15, 0.2) is 54.6 Å². The minimum atomic E-state index is 0.517. The predicted molar refractivity (Wildman–Crippen MR) is 74.0 cm³/mol. The van der Waals surface area contributed by atoms with Crippen LogP contribution >= 0.6 is 0 Å². The molecule has 2 rings (SSSR count). The Morgan fingerprint density at radius 3 is 2.39 bits per heavy atom. The topological polar surface area (TPSA) is 26.3 Å². The van der Waals surface area contributed by atoms with Crippen LogP contribution in [-0.4, -0.2) is 6.29 Å². The van der Waals surface area contributed by atoms with Gasteiger partial charge < -0.3 is 4.74 Å². The van der Waals surface area contributed by atoms with Crippen LogP contribution in [0.5, 0.6) is 5.75 Å². The molecule has 0 aliphatic carbocycles. The van der Waals surface area contributed by atoms with Gasteiger partial charge in [-0.1, -0.05) is 56.3 Å². The summed E-state index contributed by atoms with van der Waals surface area (Å²) in [6, 6.07) is 17.1. The summed E-state index contributed by atoms with van der Waals surface area (Å²) in [7, 11) is 0. The highest BCUT2D eigenvalue weighted by molar-refractivity contribution is 5.75. The molecule has 0 radical (unpaired) electrons. The van der Waals surface area contributed by atoms with Crippen molar-refractivity contribution in [2.45, 2.75) is 20.5 Å². The lowest BCUT2D eigenvalue weighted by Crippen LogP contribution is -1.95. The summed E-state index contributed by atoms with van der Waals surface area (Å²) < 4.78 is 5.58. The monoisotopic (exact) mass is 242 g/mol. The zero-order valence-corrected chi connectivity index (χ0v) is 10.8. The molecule has 0 fully saturated rings. The van der Waals surface area contributed by atoms with Gasteiger partial charge in [-0.2, -0.15) is 0 Å². The van der Waals surface area contributed by atoms with Crippen LogP contribution < -0.4 is 4.74 Å². The summed E-state index contributed by atoms with van der Waals surface area (Å²) in [5.74, 6) is 0.716. The average molecular weight is 242 g/mol. The molecule has 0 aliphatic heterocycles. The Morgan fingerprint density at radius 2 is 1.72 bits per heavy atom. The van der Waals surface area contributed by atoms with Gasteiger partial charge in [0.25, 0.3) is 0 Å². The molecule has 0 unspecified atom stereocenters. The van der Waals surface area contributed by atoms with E-state index in [1.807, 2.05) is 56.3 Å². The van der Waals surface area contributed by atoms with Crippen LogP contribution in [0.25, 0.3) is 0 Å². The highest BCUT2D eigenvalue weighted by Gasteiger charge is 1.96. The third-order valence-electron chi connectivity index (χ3n) is 2.24. The SMILES string of the molecule is CC.O=Cc1cccc(OCc2ccccc2)c1. The molecule has 2 heteroatoms. The van der Waals surface area contributed by atoms with Gasteiger partial charge >= 0.3 is 0 Å². The summed E-state index contributed by atoms with van der Waals surface area (Å²) in [6.45, 7) is 4.52. The molecule has 0 heterocycles. The van der Waals surface area contributed by atoms with Gasteiger partial charge in [0.1, 0.15) is 18.6 Å². The fourth-order valence-corrected chi connectivity index (χ4v) is 1.42. The molecule has 0 spiro atoms. The van der Waals surface area contributed by atoms with E-state index in [9.17, 15) is 4.79 Å². The van der Waals surface area contributed by atoms with Crippen molar-refractivity contribution in [3.05, 3.63) is 65.7 Å². The molecule has 0 saturated heterocycles. The zero-order chi connectivity index (χ0) is 13.2. The maximum absolute atomic E-state index is 10.6. The van der Waals surface area contributed by atoms with Gasteiger partial charge in [-0.15, -0.1) is 0 Å². The van der Waals surface area contributed by atoms with Crippen molar-refractivity contribution in [3.63, 3.8) is 0 Å². The van der Waals surface area contributed by atoms with E-state index in [0.717, 1.165) is 11.8 Å². The van der Waals surface area contributed by atoms with Crippen molar-refractivity contribution in [1.82, 2.24) is 0 Å². The highest BCUT2D eigenvalue weighted by atomic mass is 16.5. The quantitative estimate of drug-likeness (QED) is 0.754. The predicted octanol–water partition coefficient (Wildman–Crippen LogP) is 4.10. The maximum atomic E-state index is 10.6. The molecule has 0 amide bonds. The van der Waals surface area contributed by atoms with E-state index < -0.39 is 0 Å². The second-order valence-electron chi connectivity index (χ2n) is 3.46. The van der Waals surface area contributed by atoms with Crippen molar-refractivity contribution in [2.24, 2.45) is 0 Å². The van der Waals surface area contributed by atoms with Gasteiger partial charge in [0.15, 0.2) is 0 Å². The molecular weight excluding hydrogens is 224 g/mol. The zero-order valence-electron chi connectivity index (χ0n) is 10.8. The van der Waals surface area contributed by atoms with Crippen molar-refractivity contribution in [3.8, 4) is 5.75 Å². The molecule has 0 aromatic heterocycles. The Bertz CT molecular complexity index is 464. The van der Waals surface area contributed by atoms with E-state index in [1.54, 1.807) is 12.1 Å². The molecule has 18 heavy (non-hydrogen) atoms. The van der Waals surface area contributed by atoms with Crippen LogP contribution in [0.2, 0.25) is 0 Å². The van der Waals surface area contributed by atoms with Crippen LogP contribution in [0.4, 0.5) is 0 Å². The molecular formula is C16H18O2. The normalized spacial score (nSPS) is 9.00. The Hall–Kier alpha value is -2.09. The van der Waals surface area contributed by atoms with Crippen molar-refractivity contribution in [2.75, 3.05) is 0 Å². The number of benzene rings is 2. The number of hydrogen-bond acceptors (Lipinski definition) is 2. The molecule has 94 valence electrons. The third kappa shape index (κ3) is 4.42. The first kappa shape index (κ1) is 14.0. The first-order valence-electron chi connectivity index (χ1n) is 6.10. The maximum Gasteiger partial charge on any atom is 0.150 e. The van der Waals surface area contributed by atoms with E-state index in [4.69, 9.17) is 4.74 Å². The van der Waals surface area contributed by atoms with E-state index in [1.165, 1.54) is 0 Å². The Morgan fingerprint density at radius 1 is 1.00 bits per heavy atom. The Balaban J connectivity index is 0.000000771. The molecule has 0 aliphatic rings. The van der Waals surface area contributed by atoms with Crippen molar-refractivity contribution in [1.29, 1.82) is 0 Å². The first-order valence-corrected chi connectivity index (χ1v) is 6.10. The fraction of sp³-hybridized carbons (Fsp3) is 0.188. The molecule has 0 bridgehead atoms. The minimum Gasteiger partial charge on any atom is -0.489 e. The number of hydrogen-bond donors (Lipinski definition) is 0. The third-order valence-corrected chi connectivity index (χ3v) is 2.24. The highest BCUT2D eigenvalue weighted by Crippen LogP contribution is 2.13. The lowest BCUT2D eigenvalue weighted by molar-refractivity contribution is 0.112.